The summed E-state index contributed by atoms with van der Waals surface area (Å²) < 4.78 is 0.851. The molecule has 0 saturated carbocycles. The minimum absolute atomic E-state index is 0.370. The van der Waals surface area contributed by atoms with E-state index in [0.29, 0.717) is 16.7 Å². The Hall–Kier alpha value is -1.33. The summed E-state index contributed by atoms with van der Waals surface area (Å²) in [5.74, 6) is 0.957. The van der Waals surface area contributed by atoms with E-state index in [1.165, 1.54) is 6.20 Å². The van der Waals surface area contributed by atoms with Crippen molar-refractivity contribution >= 4 is 44.9 Å². The summed E-state index contributed by atoms with van der Waals surface area (Å²) >= 11 is 9.24. The van der Waals surface area contributed by atoms with Gasteiger partial charge in [-0.1, -0.05) is 11.6 Å². The lowest BCUT2D eigenvalue weighted by Crippen LogP contribution is -1.98. The largest absolute Gasteiger partial charge is 0.382 e. The molecule has 6 heteroatoms. The Morgan fingerprint density at radius 3 is 2.81 bits per heavy atom. The molecule has 0 spiro atoms. The van der Waals surface area contributed by atoms with Crippen molar-refractivity contribution in [3.63, 3.8) is 0 Å². The van der Waals surface area contributed by atoms with E-state index < -0.39 is 0 Å². The van der Waals surface area contributed by atoms with Crippen molar-refractivity contribution < 1.29 is 0 Å². The van der Waals surface area contributed by atoms with Gasteiger partial charge in [-0.05, 0) is 34.1 Å². The van der Waals surface area contributed by atoms with Gasteiger partial charge in [0.1, 0.15) is 5.82 Å². The van der Waals surface area contributed by atoms with Gasteiger partial charge in [0, 0.05) is 9.50 Å². The zero-order valence-corrected chi connectivity index (χ0v) is 10.5. The Balaban J connectivity index is 2.27. The summed E-state index contributed by atoms with van der Waals surface area (Å²) in [4.78, 5) is 8.02. The first kappa shape index (κ1) is 11.2. The van der Waals surface area contributed by atoms with Crippen LogP contribution in [-0.4, -0.2) is 9.97 Å². The van der Waals surface area contributed by atoms with Crippen LogP contribution >= 0.6 is 27.5 Å². The second-order valence-electron chi connectivity index (χ2n) is 3.08. The standard InChI is InChI=1S/C10H8BrClN4/c11-7-3-6(12)1-2-8(7)15-10-5-14-4-9(13)16-10/h1-5H,(H3,13,15,16). The maximum absolute atomic E-state index is 5.84. The van der Waals surface area contributed by atoms with Crippen molar-refractivity contribution in [3.05, 3.63) is 40.1 Å². The summed E-state index contributed by atoms with van der Waals surface area (Å²) in [6.07, 6.45) is 3.08. The van der Waals surface area contributed by atoms with Crippen LogP contribution in [0.15, 0.2) is 35.1 Å². The Bertz CT molecular complexity index is 518. The summed E-state index contributed by atoms with van der Waals surface area (Å²) in [6, 6.07) is 5.43. The first-order valence-corrected chi connectivity index (χ1v) is 5.62. The van der Waals surface area contributed by atoms with E-state index in [2.05, 4.69) is 31.2 Å². The van der Waals surface area contributed by atoms with Crippen LogP contribution in [-0.2, 0) is 0 Å². The third-order valence-electron chi connectivity index (χ3n) is 1.85. The van der Waals surface area contributed by atoms with E-state index in [0.717, 1.165) is 10.2 Å². The van der Waals surface area contributed by atoms with E-state index in [1.54, 1.807) is 18.3 Å². The van der Waals surface area contributed by atoms with Crippen LogP contribution in [0, 0.1) is 0 Å². The lowest BCUT2D eigenvalue weighted by molar-refractivity contribution is 1.21. The molecular formula is C10H8BrClN4. The van der Waals surface area contributed by atoms with Crippen molar-refractivity contribution in [1.29, 1.82) is 0 Å². The Labute approximate surface area is 106 Å². The number of nitrogens with two attached hydrogens (primary N) is 1. The molecule has 2 rings (SSSR count). The summed E-state index contributed by atoms with van der Waals surface area (Å²) in [5.41, 5.74) is 6.38. The fourth-order valence-electron chi connectivity index (χ4n) is 1.17. The highest BCUT2D eigenvalue weighted by molar-refractivity contribution is 9.10. The van der Waals surface area contributed by atoms with Gasteiger partial charge in [-0.3, -0.25) is 4.98 Å². The summed E-state index contributed by atoms with van der Waals surface area (Å²) in [6.45, 7) is 0. The van der Waals surface area contributed by atoms with E-state index in [9.17, 15) is 0 Å². The van der Waals surface area contributed by atoms with E-state index >= 15 is 0 Å². The molecule has 0 aliphatic rings. The Morgan fingerprint density at radius 1 is 1.31 bits per heavy atom. The average Bonchev–Trinajstić information content (AvgIpc) is 2.22. The van der Waals surface area contributed by atoms with Crippen LogP contribution in [0.2, 0.25) is 5.02 Å². The highest BCUT2D eigenvalue weighted by atomic mass is 79.9. The van der Waals surface area contributed by atoms with Gasteiger partial charge < -0.3 is 11.1 Å². The van der Waals surface area contributed by atoms with Gasteiger partial charge in [-0.15, -0.1) is 0 Å². The fraction of sp³-hybridized carbons (Fsp3) is 0. The smallest absolute Gasteiger partial charge is 0.151 e. The Morgan fingerprint density at radius 2 is 2.12 bits per heavy atom. The molecule has 2 aromatic rings. The van der Waals surface area contributed by atoms with Gasteiger partial charge in [-0.2, -0.15) is 0 Å². The third kappa shape index (κ3) is 2.62. The fourth-order valence-corrected chi connectivity index (χ4v) is 1.95. The van der Waals surface area contributed by atoms with Crippen LogP contribution in [0.3, 0.4) is 0 Å². The zero-order chi connectivity index (χ0) is 11.5. The molecule has 0 fully saturated rings. The lowest BCUT2D eigenvalue weighted by Gasteiger charge is -2.07. The number of hydrogen-bond acceptors (Lipinski definition) is 4. The molecule has 4 nitrogen and oxygen atoms in total. The molecule has 16 heavy (non-hydrogen) atoms. The van der Waals surface area contributed by atoms with Crippen molar-refractivity contribution in [2.24, 2.45) is 0 Å². The predicted molar refractivity (Wildman–Crippen MR) is 68.9 cm³/mol. The highest BCUT2D eigenvalue weighted by Gasteiger charge is 2.02. The molecule has 1 aromatic carbocycles. The molecule has 0 unspecified atom stereocenters. The third-order valence-corrected chi connectivity index (χ3v) is 2.74. The van der Waals surface area contributed by atoms with Crippen molar-refractivity contribution in [1.82, 2.24) is 9.97 Å². The van der Waals surface area contributed by atoms with Gasteiger partial charge in [0.2, 0.25) is 0 Å². The number of hydrogen-bond donors (Lipinski definition) is 2. The van der Waals surface area contributed by atoms with Gasteiger partial charge in [0.05, 0.1) is 18.1 Å². The van der Waals surface area contributed by atoms with E-state index in [1.807, 2.05) is 6.07 Å². The molecule has 3 N–H and O–H groups in total. The molecular weight excluding hydrogens is 291 g/mol. The summed E-state index contributed by atoms with van der Waals surface area (Å²) in [7, 11) is 0. The molecule has 1 heterocycles. The zero-order valence-electron chi connectivity index (χ0n) is 8.11. The van der Waals surface area contributed by atoms with Gasteiger partial charge in [0.15, 0.2) is 5.82 Å². The first-order valence-electron chi connectivity index (χ1n) is 4.45. The number of nitrogens with zero attached hydrogens (tertiary/aromatic N) is 2. The number of halogens is 2. The van der Waals surface area contributed by atoms with Crippen molar-refractivity contribution in [2.45, 2.75) is 0 Å². The number of nitrogens with one attached hydrogen (secondary N) is 1. The quantitative estimate of drug-likeness (QED) is 0.893. The molecule has 0 aliphatic carbocycles. The van der Waals surface area contributed by atoms with Crippen LogP contribution in [0.1, 0.15) is 0 Å². The number of rotatable bonds is 2. The number of nitrogen functional groups attached to an aromatic ring is 1. The maximum atomic E-state index is 5.84. The molecule has 0 radical (unpaired) electrons. The van der Waals surface area contributed by atoms with Gasteiger partial charge in [-0.25, -0.2) is 4.98 Å². The molecule has 82 valence electrons. The van der Waals surface area contributed by atoms with E-state index in [-0.39, 0.29) is 0 Å². The molecule has 1 aromatic heterocycles. The molecule has 0 bridgehead atoms. The lowest BCUT2D eigenvalue weighted by atomic mass is 10.3. The van der Waals surface area contributed by atoms with Crippen LogP contribution in [0.4, 0.5) is 17.3 Å². The number of aromatic nitrogens is 2. The monoisotopic (exact) mass is 298 g/mol. The number of anilines is 3. The van der Waals surface area contributed by atoms with Crippen molar-refractivity contribution in [2.75, 3.05) is 11.1 Å². The van der Waals surface area contributed by atoms with E-state index in [4.69, 9.17) is 17.3 Å². The number of benzene rings is 1. The van der Waals surface area contributed by atoms with Crippen LogP contribution in [0.25, 0.3) is 0 Å². The summed E-state index contributed by atoms with van der Waals surface area (Å²) in [5, 5.41) is 3.74. The SMILES string of the molecule is Nc1cncc(Nc2ccc(Cl)cc2Br)n1. The van der Waals surface area contributed by atoms with Crippen LogP contribution in [0.5, 0.6) is 0 Å². The van der Waals surface area contributed by atoms with Crippen molar-refractivity contribution in [3.8, 4) is 0 Å². The first-order chi connectivity index (χ1) is 7.65. The Kier molecular flexibility index (Phi) is 3.26. The second-order valence-corrected chi connectivity index (χ2v) is 4.37. The average molecular weight is 300 g/mol. The second kappa shape index (κ2) is 4.67. The minimum atomic E-state index is 0.370. The highest BCUT2D eigenvalue weighted by Crippen LogP contribution is 2.27. The minimum Gasteiger partial charge on any atom is -0.382 e. The van der Waals surface area contributed by atoms with Gasteiger partial charge >= 0.3 is 0 Å². The molecule has 0 aliphatic heterocycles. The predicted octanol–water partition coefficient (Wildman–Crippen LogP) is 3.22. The van der Waals surface area contributed by atoms with Gasteiger partial charge in [0.25, 0.3) is 0 Å². The molecule has 0 amide bonds. The molecule has 0 atom stereocenters. The normalized spacial score (nSPS) is 10.1. The molecule has 0 saturated heterocycles. The topological polar surface area (TPSA) is 63.8 Å². The van der Waals surface area contributed by atoms with Crippen LogP contribution < -0.4 is 11.1 Å². The maximum Gasteiger partial charge on any atom is 0.151 e.